The number of hydrogen-bond donors (Lipinski definition) is 1. The number of halogens is 2. The topological polar surface area (TPSA) is 57.0 Å². The van der Waals surface area contributed by atoms with Gasteiger partial charge in [-0.2, -0.15) is 5.10 Å². The number of benzene rings is 1. The van der Waals surface area contributed by atoms with Crippen LogP contribution in [-0.2, 0) is 7.05 Å². The molecule has 0 amide bonds. The predicted molar refractivity (Wildman–Crippen MR) is 83.5 cm³/mol. The van der Waals surface area contributed by atoms with Crippen molar-refractivity contribution in [3.63, 3.8) is 0 Å². The zero-order valence-electron chi connectivity index (χ0n) is 10.6. The molecule has 4 nitrogen and oxygen atoms in total. The number of aromatic nitrogens is 2. The normalized spacial score (nSPS) is 10.9. The lowest BCUT2D eigenvalue weighted by Crippen LogP contribution is -1.97. The Morgan fingerprint density at radius 1 is 1.25 bits per heavy atom. The van der Waals surface area contributed by atoms with Crippen LogP contribution in [0, 0.1) is 0 Å². The quantitative estimate of drug-likeness (QED) is 0.746. The van der Waals surface area contributed by atoms with E-state index in [1.165, 1.54) is 0 Å². The second-order valence-electron chi connectivity index (χ2n) is 4.35. The van der Waals surface area contributed by atoms with Crippen molar-refractivity contribution < 1.29 is 4.42 Å². The molecule has 2 N–H and O–H groups in total. The Morgan fingerprint density at radius 2 is 1.95 bits per heavy atom. The van der Waals surface area contributed by atoms with Crippen LogP contribution >= 0.6 is 27.5 Å². The summed E-state index contributed by atoms with van der Waals surface area (Å²) in [7, 11) is 1.81. The van der Waals surface area contributed by atoms with Crippen molar-refractivity contribution in [3.05, 3.63) is 46.3 Å². The van der Waals surface area contributed by atoms with Crippen molar-refractivity contribution in [1.29, 1.82) is 0 Å². The van der Waals surface area contributed by atoms with E-state index in [9.17, 15) is 0 Å². The van der Waals surface area contributed by atoms with E-state index >= 15 is 0 Å². The average Bonchev–Trinajstić information content (AvgIpc) is 2.96. The number of rotatable bonds is 2. The number of aryl methyl sites for hydroxylation is 1. The van der Waals surface area contributed by atoms with Crippen molar-refractivity contribution in [3.8, 4) is 22.4 Å². The molecule has 0 spiro atoms. The fourth-order valence-electron chi connectivity index (χ4n) is 2.09. The summed E-state index contributed by atoms with van der Waals surface area (Å²) in [5.74, 6) is 0.593. The highest BCUT2D eigenvalue weighted by Gasteiger charge is 2.20. The highest BCUT2D eigenvalue weighted by molar-refractivity contribution is 9.10. The predicted octanol–water partition coefficient (Wildman–Crippen LogP) is 4.35. The van der Waals surface area contributed by atoms with Gasteiger partial charge in [0.15, 0.2) is 4.67 Å². The second kappa shape index (κ2) is 5.00. The summed E-state index contributed by atoms with van der Waals surface area (Å²) in [6, 6.07) is 9.36. The number of nitrogens with two attached hydrogens (primary N) is 1. The Hall–Kier alpha value is -1.72. The van der Waals surface area contributed by atoms with Gasteiger partial charge >= 0.3 is 0 Å². The van der Waals surface area contributed by atoms with Gasteiger partial charge in [0.05, 0.1) is 17.4 Å². The van der Waals surface area contributed by atoms with Gasteiger partial charge in [0.25, 0.3) is 0 Å². The Labute approximate surface area is 129 Å². The van der Waals surface area contributed by atoms with Gasteiger partial charge in [-0.1, -0.05) is 23.7 Å². The molecule has 102 valence electrons. The molecule has 20 heavy (non-hydrogen) atoms. The van der Waals surface area contributed by atoms with Crippen LogP contribution in [0.1, 0.15) is 0 Å². The number of nitrogens with zero attached hydrogens (tertiary/aromatic N) is 2. The van der Waals surface area contributed by atoms with Gasteiger partial charge in [-0.3, -0.25) is 4.68 Å². The highest BCUT2D eigenvalue weighted by Crippen LogP contribution is 2.39. The maximum Gasteiger partial charge on any atom is 0.178 e. The molecule has 0 atom stereocenters. The lowest BCUT2D eigenvalue weighted by Gasteiger charge is -2.03. The van der Waals surface area contributed by atoms with Crippen LogP contribution in [-0.4, -0.2) is 9.78 Å². The largest absolute Gasteiger partial charge is 0.457 e. The molecule has 2 heterocycles. The van der Waals surface area contributed by atoms with Gasteiger partial charge in [-0.15, -0.1) is 0 Å². The molecule has 0 saturated carbocycles. The van der Waals surface area contributed by atoms with Crippen molar-refractivity contribution in [2.24, 2.45) is 7.05 Å². The first kappa shape index (κ1) is 13.3. The summed E-state index contributed by atoms with van der Waals surface area (Å²) in [6.45, 7) is 0. The maximum atomic E-state index is 6.15. The van der Waals surface area contributed by atoms with E-state index < -0.39 is 0 Å². The zero-order chi connectivity index (χ0) is 14.3. The molecule has 0 aliphatic heterocycles. The minimum Gasteiger partial charge on any atom is -0.457 e. The molecule has 3 rings (SSSR count). The minimum absolute atomic E-state index is 0.593. The lowest BCUT2D eigenvalue weighted by molar-refractivity contribution is 0.542. The maximum absolute atomic E-state index is 6.15. The Balaban J connectivity index is 2.25. The number of hydrogen-bond acceptors (Lipinski definition) is 3. The molecule has 0 saturated heterocycles. The van der Waals surface area contributed by atoms with E-state index in [0.29, 0.717) is 15.5 Å². The Bertz CT molecular complexity index is 761. The first-order chi connectivity index (χ1) is 9.58. The standard InChI is InChI=1S/C14H11BrClN3O/c1-19-14(17)11(8-2-4-9(16)5-3-8)12(18-19)10-6-7-20-13(10)15/h2-7H,17H2,1H3. The molecule has 1 aromatic carbocycles. The van der Waals surface area contributed by atoms with Gasteiger partial charge in [0.1, 0.15) is 11.5 Å². The van der Waals surface area contributed by atoms with E-state index in [1.807, 2.05) is 37.4 Å². The van der Waals surface area contributed by atoms with Crippen molar-refractivity contribution in [2.45, 2.75) is 0 Å². The number of anilines is 1. The fraction of sp³-hybridized carbons (Fsp3) is 0.0714. The van der Waals surface area contributed by atoms with Crippen LogP contribution in [0.4, 0.5) is 5.82 Å². The Morgan fingerprint density at radius 3 is 2.55 bits per heavy atom. The summed E-state index contributed by atoms with van der Waals surface area (Å²) < 4.78 is 7.57. The zero-order valence-corrected chi connectivity index (χ0v) is 12.9. The van der Waals surface area contributed by atoms with E-state index in [4.69, 9.17) is 21.8 Å². The summed E-state index contributed by atoms with van der Waals surface area (Å²) in [6.07, 6.45) is 1.61. The molecular weight excluding hydrogens is 342 g/mol. The molecule has 0 fully saturated rings. The van der Waals surface area contributed by atoms with Crippen molar-refractivity contribution >= 4 is 33.3 Å². The van der Waals surface area contributed by atoms with Gasteiger partial charge in [0.2, 0.25) is 0 Å². The molecule has 0 unspecified atom stereocenters. The van der Waals surface area contributed by atoms with Crippen LogP contribution in [0.2, 0.25) is 5.02 Å². The van der Waals surface area contributed by atoms with Gasteiger partial charge < -0.3 is 10.2 Å². The molecule has 0 radical (unpaired) electrons. The first-order valence-corrected chi connectivity index (χ1v) is 7.07. The molecule has 2 aromatic heterocycles. The first-order valence-electron chi connectivity index (χ1n) is 5.89. The monoisotopic (exact) mass is 351 g/mol. The minimum atomic E-state index is 0.593. The third kappa shape index (κ3) is 2.13. The van der Waals surface area contributed by atoms with Gasteiger partial charge in [-0.05, 0) is 39.7 Å². The number of furan rings is 1. The molecule has 3 aromatic rings. The highest BCUT2D eigenvalue weighted by atomic mass is 79.9. The molecule has 0 bridgehead atoms. The smallest absolute Gasteiger partial charge is 0.178 e. The van der Waals surface area contributed by atoms with Crippen LogP contribution in [0.25, 0.3) is 22.4 Å². The van der Waals surface area contributed by atoms with Crippen molar-refractivity contribution in [2.75, 3.05) is 5.73 Å². The van der Waals surface area contributed by atoms with Crippen LogP contribution in [0.3, 0.4) is 0 Å². The van der Waals surface area contributed by atoms with Crippen LogP contribution in [0.5, 0.6) is 0 Å². The van der Waals surface area contributed by atoms with Crippen LogP contribution < -0.4 is 5.73 Å². The second-order valence-corrected chi connectivity index (χ2v) is 5.50. The molecular formula is C14H11BrClN3O. The molecule has 0 aliphatic rings. The molecule has 6 heteroatoms. The summed E-state index contributed by atoms with van der Waals surface area (Å²) in [5.41, 5.74) is 9.61. The van der Waals surface area contributed by atoms with Gasteiger partial charge in [-0.25, -0.2) is 0 Å². The fourth-order valence-corrected chi connectivity index (χ4v) is 2.64. The summed E-state index contributed by atoms with van der Waals surface area (Å²) in [4.78, 5) is 0. The third-order valence-corrected chi connectivity index (χ3v) is 3.96. The third-order valence-electron chi connectivity index (χ3n) is 3.10. The molecule has 0 aliphatic carbocycles. The summed E-state index contributed by atoms with van der Waals surface area (Å²) in [5, 5.41) is 5.16. The lowest BCUT2D eigenvalue weighted by atomic mass is 10.0. The van der Waals surface area contributed by atoms with Crippen LogP contribution in [0.15, 0.2) is 45.7 Å². The van der Waals surface area contributed by atoms with Crippen molar-refractivity contribution in [1.82, 2.24) is 9.78 Å². The SMILES string of the molecule is Cn1nc(-c2ccoc2Br)c(-c2ccc(Cl)cc2)c1N. The van der Waals surface area contributed by atoms with E-state index in [-0.39, 0.29) is 0 Å². The average molecular weight is 353 g/mol. The Kier molecular flexibility index (Phi) is 3.31. The van der Waals surface area contributed by atoms with E-state index in [1.54, 1.807) is 10.9 Å². The van der Waals surface area contributed by atoms with E-state index in [2.05, 4.69) is 21.0 Å². The summed E-state index contributed by atoms with van der Waals surface area (Å²) >= 11 is 9.31. The van der Waals surface area contributed by atoms with E-state index in [0.717, 1.165) is 22.4 Å². The van der Waals surface area contributed by atoms with Gasteiger partial charge in [0, 0.05) is 12.1 Å². The number of nitrogen functional groups attached to an aromatic ring is 1.